The van der Waals surface area contributed by atoms with E-state index in [0.717, 1.165) is 25.9 Å². The van der Waals surface area contributed by atoms with Gasteiger partial charge in [-0.2, -0.15) is 4.98 Å². The Morgan fingerprint density at radius 3 is 2.85 bits per heavy atom. The van der Waals surface area contributed by atoms with Gasteiger partial charge in [-0.05, 0) is 33.1 Å². The maximum Gasteiger partial charge on any atom is 0.242 e. The number of rotatable bonds is 6. The van der Waals surface area contributed by atoms with Gasteiger partial charge in [0.25, 0.3) is 0 Å². The molecular weight excluding hydrogens is 256 g/mol. The highest BCUT2D eigenvalue weighted by Gasteiger charge is 2.24. The SMILES string of the molecule is CCOc1nc(C2CCCO2)nc(NC(C)CC)c1N. The Hall–Kier alpha value is -1.56. The van der Waals surface area contributed by atoms with Crippen LogP contribution in [0.25, 0.3) is 0 Å². The van der Waals surface area contributed by atoms with Crippen LogP contribution < -0.4 is 15.8 Å². The molecule has 0 bridgehead atoms. The van der Waals surface area contributed by atoms with Crippen LogP contribution in [-0.2, 0) is 4.74 Å². The quantitative estimate of drug-likeness (QED) is 0.833. The van der Waals surface area contributed by atoms with Crippen molar-refractivity contribution in [2.45, 2.75) is 52.2 Å². The zero-order chi connectivity index (χ0) is 14.5. The van der Waals surface area contributed by atoms with Crippen LogP contribution in [0.5, 0.6) is 5.88 Å². The van der Waals surface area contributed by atoms with Gasteiger partial charge in [-0.1, -0.05) is 6.92 Å². The lowest BCUT2D eigenvalue weighted by atomic mass is 10.2. The summed E-state index contributed by atoms with van der Waals surface area (Å²) in [5.41, 5.74) is 6.55. The van der Waals surface area contributed by atoms with E-state index in [4.69, 9.17) is 15.2 Å². The Morgan fingerprint density at radius 2 is 2.25 bits per heavy atom. The lowest BCUT2D eigenvalue weighted by Gasteiger charge is -2.18. The van der Waals surface area contributed by atoms with Crippen LogP contribution in [0.1, 0.15) is 52.0 Å². The molecule has 1 aromatic rings. The first-order valence-corrected chi connectivity index (χ1v) is 7.34. The number of aromatic nitrogens is 2. The normalized spacial score (nSPS) is 19.9. The third kappa shape index (κ3) is 3.30. The Morgan fingerprint density at radius 1 is 1.45 bits per heavy atom. The maximum atomic E-state index is 6.09. The molecule has 1 fully saturated rings. The fourth-order valence-corrected chi connectivity index (χ4v) is 2.08. The van der Waals surface area contributed by atoms with Crippen molar-refractivity contribution in [1.29, 1.82) is 0 Å². The van der Waals surface area contributed by atoms with Crippen molar-refractivity contribution >= 4 is 11.5 Å². The van der Waals surface area contributed by atoms with E-state index in [1.165, 1.54) is 0 Å². The zero-order valence-corrected chi connectivity index (χ0v) is 12.5. The minimum absolute atomic E-state index is 0.0488. The minimum Gasteiger partial charge on any atom is -0.476 e. The molecule has 0 radical (unpaired) electrons. The second-order valence-corrected chi connectivity index (χ2v) is 5.04. The molecule has 0 spiro atoms. The Bertz CT molecular complexity index is 447. The predicted molar refractivity (Wildman–Crippen MR) is 78.9 cm³/mol. The van der Waals surface area contributed by atoms with Crippen LogP contribution in [0.4, 0.5) is 11.5 Å². The summed E-state index contributed by atoms with van der Waals surface area (Å²) in [5, 5.41) is 3.31. The summed E-state index contributed by atoms with van der Waals surface area (Å²) in [6.45, 7) is 7.40. The Kier molecular flexibility index (Phi) is 5.00. The van der Waals surface area contributed by atoms with E-state index in [0.29, 0.717) is 35.9 Å². The lowest BCUT2D eigenvalue weighted by molar-refractivity contribution is 0.104. The number of nitrogens with two attached hydrogens (primary N) is 1. The molecule has 20 heavy (non-hydrogen) atoms. The first kappa shape index (κ1) is 14.8. The summed E-state index contributed by atoms with van der Waals surface area (Å²) in [6, 6.07) is 0.291. The number of nitrogen functional groups attached to an aromatic ring is 1. The van der Waals surface area contributed by atoms with Crippen molar-refractivity contribution in [3.8, 4) is 5.88 Å². The van der Waals surface area contributed by atoms with Gasteiger partial charge in [0.1, 0.15) is 11.8 Å². The molecule has 3 N–H and O–H groups in total. The molecule has 6 nitrogen and oxygen atoms in total. The van der Waals surface area contributed by atoms with E-state index in [1.807, 2.05) is 6.92 Å². The average Bonchev–Trinajstić information content (AvgIpc) is 2.97. The highest BCUT2D eigenvalue weighted by Crippen LogP contribution is 2.32. The molecule has 1 aliphatic heterocycles. The fraction of sp³-hybridized carbons (Fsp3) is 0.714. The summed E-state index contributed by atoms with van der Waals surface area (Å²) < 4.78 is 11.2. The van der Waals surface area contributed by atoms with E-state index in [1.54, 1.807) is 0 Å². The van der Waals surface area contributed by atoms with Crippen molar-refractivity contribution < 1.29 is 9.47 Å². The Balaban J connectivity index is 2.32. The largest absolute Gasteiger partial charge is 0.476 e. The minimum atomic E-state index is -0.0488. The second kappa shape index (κ2) is 6.74. The van der Waals surface area contributed by atoms with Crippen LogP contribution in [0.2, 0.25) is 0 Å². The Labute approximate surface area is 120 Å². The van der Waals surface area contributed by atoms with Crippen molar-refractivity contribution in [2.75, 3.05) is 24.3 Å². The van der Waals surface area contributed by atoms with E-state index < -0.39 is 0 Å². The molecule has 112 valence electrons. The highest BCUT2D eigenvalue weighted by atomic mass is 16.5. The molecule has 2 rings (SSSR count). The van der Waals surface area contributed by atoms with Gasteiger partial charge in [0.05, 0.1) is 6.61 Å². The monoisotopic (exact) mass is 280 g/mol. The number of nitrogens with one attached hydrogen (secondary N) is 1. The molecular formula is C14H24N4O2. The van der Waals surface area contributed by atoms with Gasteiger partial charge in [-0.25, -0.2) is 4.98 Å². The summed E-state index contributed by atoms with van der Waals surface area (Å²) >= 11 is 0. The summed E-state index contributed by atoms with van der Waals surface area (Å²) in [7, 11) is 0. The summed E-state index contributed by atoms with van der Waals surface area (Å²) in [4.78, 5) is 8.95. The fourth-order valence-electron chi connectivity index (χ4n) is 2.08. The molecule has 1 aromatic heterocycles. The van der Waals surface area contributed by atoms with E-state index in [2.05, 4.69) is 29.1 Å². The first-order chi connectivity index (χ1) is 9.65. The van der Waals surface area contributed by atoms with Gasteiger partial charge in [0.2, 0.25) is 5.88 Å². The van der Waals surface area contributed by atoms with Crippen LogP contribution in [0, 0.1) is 0 Å². The van der Waals surface area contributed by atoms with Crippen LogP contribution in [0.3, 0.4) is 0 Å². The average molecular weight is 280 g/mol. The number of anilines is 2. The molecule has 1 saturated heterocycles. The van der Waals surface area contributed by atoms with Gasteiger partial charge >= 0.3 is 0 Å². The molecule has 0 saturated carbocycles. The van der Waals surface area contributed by atoms with E-state index in [9.17, 15) is 0 Å². The first-order valence-electron chi connectivity index (χ1n) is 7.34. The van der Waals surface area contributed by atoms with Gasteiger partial charge in [-0.15, -0.1) is 0 Å². The van der Waals surface area contributed by atoms with Gasteiger partial charge in [0.15, 0.2) is 11.6 Å². The van der Waals surface area contributed by atoms with Gasteiger partial charge in [-0.3, -0.25) is 0 Å². The van der Waals surface area contributed by atoms with Crippen LogP contribution in [-0.4, -0.2) is 29.2 Å². The van der Waals surface area contributed by atoms with Gasteiger partial charge < -0.3 is 20.5 Å². The second-order valence-electron chi connectivity index (χ2n) is 5.04. The molecule has 0 aromatic carbocycles. The third-order valence-corrected chi connectivity index (χ3v) is 3.42. The zero-order valence-electron chi connectivity index (χ0n) is 12.5. The van der Waals surface area contributed by atoms with Crippen LogP contribution in [0.15, 0.2) is 0 Å². The van der Waals surface area contributed by atoms with Crippen LogP contribution >= 0.6 is 0 Å². The van der Waals surface area contributed by atoms with Gasteiger partial charge in [0, 0.05) is 12.6 Å². The number of hydrogen-bond acceptors (Lipinski definition) is 6. The maximum absolute atomic E-state index is 6.09. The molecule has 2 heterocycles. The van der Waals surface area contributed by atoms with Crippen molar-refractivity contribution in [1.82, 2.24) is 9.97 Å². The lowest BCUT2D eigenvalue weighted by Crippen LogP contribution is -2.18. The van der Waals surface area contributed by atoms with E-state index >= 15 is 0 Å². The molecule has 2 unspecified atom stereocenters. The highest BCUT2D eigenvalue weighted by molar-refractivity contribution is 5.67. The van der Waals surface area contributed by atoms with Crippen molar-refractivity contribution in [2.24, 2.45) is 0 Å². The van der Waals surface area contributed by atoms with E-state index in [-0.39, 0.29) is 6.10 Å². The molecule has 0 aliphatic carbocycles. The topological polar surface area (TPSA) is 82.3 Å². The standard InChI is InChI=1S/C14H24N4O2/c1-4-9(3)16-13-11(15)14(19-5-2)18-12(17-13)10-7-6-8-20-10/h9-10H,4-8,15H2,1-3H3,(H,16,17,18). The smallest absolute Gasteiger partial charge is 0.242 e. The molecule has 0 amide bonds. The summed E-state index contributed by atoms with van der Waals surface area (Å²) in [5.74, 6) is 1.74. The molecule has 2 atom stereocenters. The number of ether oxygens (including phenoxy) is 2. The molecule has 6 heteroatoms. The third-order valence-electron chi connectivity index (χ3n) is 3.42. The number of hydrogen-bond donors (Lipinski definition) is 2. The van der Waals surface area contributed by atoms with Crippen molar-refractivity contribution in [3.63, 3.8) is 0 Å². The molecule has 1 aliphatic rings. The summed E-state index contributed by atoms with van der Waals surface area (Å²) in [6.07, 6.45) is 2.92. The number of nitrogens with zero attached hydrogens (tertiary/aromatic N) is 2. The van der Waals surface area contributed by atoms with Crippen molar-refractivity contribution in [3.05, 3.63) is 5.82 Å². The predicted octanol–water partition coefficient (Wildman–Crippen LogP) is 2.52.